The molecule has 2 aromatic heterocycles. The monoisotopic (exact) mass is 498 g/mol. The molecular weight excluding hydrogens is 483 g/mol. The molecule has 5 rings (SSSR count). The fourth-order valence-electron chi connectivity index (χ4n) is 3.26. The molecule has 0 aliphatic rings. The largest absolute Gasteiger partial charge is 0.298 e. The van der Waals surface area contributed by atoms with Gasteiger partial charge in [0.1, 0.15) is 11.3 Å². The molecule has 0 spiro atoms. The zero-order valence-electron chi connectivity index (χ0n) is 17.0. The number of rotatable bonds is 5. The molecule has 11 heteroatoms. The van der Waals surface area contributed by atoms with E-state index in [9.17, 15) is 17.6 Å². The quantitative estimate of drug-likeness (QED) is 0.338. The lowest BCUT2D eigenvalue weighted by Gasteiger charge is -2.09. The van der Waals surface area contributed by atoms with Crippen molar-refractivity contribution in [3.63, 3.8) is 0 Å². The highest BCUT2D eigenvalue weighted by Gasteiger charge is 2.17. The third kappa shape index (κ3) is 4.30. The van der Waals surface area contributed by atoms with Crippen molar-refractivity contribution >= 4 is 69.9 Å². The number of aromatic nitrogens is 2. The number of amides is 1. The first-order chi connectivity index (χ1) is 15.8. The van der Waals surface area contributed by atoms with Crippen LogP contribution in [0.3, 0.4) is 0 Å². The molecule has 0 fully saturated rings. The van der Waals surface area contributed by atoms with Gasteiger partial charge in [-0.1, -0.05) is 17.4 Å². The van der Waals surface area contributed by atoms with Crippen LogP contribution in [0.25, 0.3) is 20.4 Å². The van der Waals surface area contributed by atoms with Gasteiger partial charge in [-0.15, -0.1) is 11.3 Å². The number of carbonyl (C=O) groups is 1. The smallest absolute Gasteiger partial charge is 0.261 e. The van der Waals surface area contributed by atoms with Gasteiger partial charge in [-0.25, -0.2) is 22.8 Å². The Morgan fingerprint density at radius 3 is 2.58 bits per heavy atom. The van der Waals surface area contributed by atoms with Gasteiger partial charge in [0.15, 0.2) is 5.13 Å². The first kappa shape index (κ1) is 21.4. The van der Waals surface area contributed by atoms with E-state index >= 15 is 0 Å². The Bertz CT molecular complexity index is 1630. The Morgan fingerprint density at radius 1 is 1.00 bits per heavy atom. The third-order valence-corrected chi connectivity index (χ3v) is 8.07. The molecule has 33 heavy (non-hydrogen) atoms. The highest BCUT2D eigenvalue weighted by molar-refractivity contribution is 7.92. The van der Waals surface area contributed by atoms with Crippen LogP contribution in [0.5, 0.6) is 0 Å². The summed E-state index contributed by atoms with van der Waals surface area (Å²) in [6.07, 6.45) is 0. The second kappa shape index (κ2) is 8.18. The molecule has 1 amide bonds. The van der Waals surface area contributed by atoms with Gasteiger partial charge in [-0.3, -0.25) is 14.8 Å². The van der Waals surface area contributed by atoms with Gasteiger partial charge in [0.25, 0.3) is 15.9 Å². The van der Waals surface area contributed by atoms with E-state index in [4.69, 9.17) is 0 Å². The van der Waals surface area contributed by atoms with Gasteiger partial charge in [0, 0.05) is 11.3 Å². The van der Waals surface area contributed by atoms with Crippen molar-refractivity contribution in [1.82, 2.24) is 9.97 Å². The van der Waals surface area contributed by atoms with Crippen LogP contribution >= 0.6 is 22.7 Å². The fourth-order valence-corrected chi connectivity index (χ4v) is 6.16. The molecule has 5 aromatic rings. The highest BCUT2D eigenvalue weighted by Crippen LogP contribution is 2.34. The number of carbonyl (C=O) groups excluding carboxylic acids is 1. The predicted octanol–water partition coefficient (Wildman–Crippen LogP) is 5.41. The molecule has 3 aromatic carbocycles. The number of nitrogens with one attached hydrogen (secondary N) is 2. The summed E-state index contributed by atoms with van der Waals surface area (Å²) < 4.78 is 42.6. The van der Waals surface area contributed by atoms with Gasteiger partial charge in [-0.05, 0) is 61.5 Å². The summed E-state index contributed by atoms with van der Waals surface area (Å²) in [5.74, 6) is -0.962. The molecule has 0 atom stereocenters. The van der Waals surface area contributed by atoms with Crippen LogP contribution in [0.4, 0.5) is 15.2 Å². The van der Waals surface area contributed by atoms with E-state index in [1.54, 1.807) is 23.5 Å². The molecule has 166 valence electrons. The predicted molar refractivity (Wildman–Crippen MR) is 129 cm³/mol. The Hall–Kier alpha value is -3.41. The van der Waals surface area contributed by atoms with Crippen LogP contribution in [0.2, 0.25) is 0 Å². The first-order valence-electron chi connectivity index (χ1n) is 9.65. The van der Waals surface area contributed by atoms with Crippen LogP contribution in [-0.4, -0.2) is 24.3 Å². The molecule has 7 nitrogen and oxygen atoms in total. The maximum Gasteiger partial charge on any atom is 0.261 e. The standard InChI is InChI=1S/C22H15FN4O3S3/c1-12-24-19-18(31-12)10-9-17-20(19)32-22(25-17)26-21(28)13-3-2-4-15(11-13)27-33(29,30)16-7-5-14(23)6-8-16/h2-11,27H,1H3,(H,25,26,28). The van der Waals surface area contributed by atoms with Crippen molar-refractivity contribution < 1.29 is 17.6 Å². The number of halogens is 1. The number of hydrogen-bond donors (Lipinski definition) is 2. The molecule has 0 radical (unpaired) electrons. The minimum atomic E-state index is -3.93. The Morgan fingerprint density at radius 2 is 1.79 bits per heavy atom. The van der Waals surface area contributed by atoms with E-state index in [1.807, 2.05) is 19.1 Å². The zero-order chi connectivity index (χ0) is 23.2. The lowest BCUT2D eigenvalue weighted by molar-refractivity contribution is 0.102. The van der Waals surface area contributed by atoms with Crippen molar-refractivity contribution in [2.45, 2.75) is 11.8 Å². The molecule has 0 aliphatic carbocycles. The summed E-state index contributed by atoms with van der Waals surface area (Å²) in [6, 6.07) is 14.4. The van der Waals surface area contributed by atoms with E-state index < -0.39 is 21.7 Å². The van der Waals surface area contributed by atoms with Crippen LogP contribution in [-0.2, 0) is 10.0 Å². The topological polar surface area (TPSA) is 101 Å². The number of fused-ring (bicyclic) bond motifs is 3. The second-order valence-corrected chi connectivity index (χ2v) is 11.0. The summed E-state index contributed by atoms with van der Waals surface area (Å²) in [4.78, 5) is 21.8. The van der Waals surface area contributed by atoms with Crippen LogP contribution < -0.4 is 10.0 Å². The Balaban J connectivity index is 1.38. The van der Waals surface area contributed by atoms with Crippen molar-refractivity contribution in [3.8, 4) is 0 Å². The highest BCUT2D eigenvalue weighted by atomic mass is 32.2. The lowest BCUT2D eigenvalue weighted by atomic mass is 10.2. The number of hydrogen-bond acceptors (Lipinski definition) is 7. The normalized spacial score (nSPS) is 11.7. The zero-order valence-corrected chi connectivity index (χ0v) is 19.4. The summed E-state index contributed by atoms with van der Waals surface area (Å²) in [7, 11) is -3.93. The molecule has 2 heterocycles. The number of benzene rings is 3. The Kier molecular flexibility index (Phi) is 5.31. The minimum absolute atomic E-state index is 0.0863. The molecule has 0 bridgehead atoms. The average molecular weight is 499 g/mol. The van der Waals surface area contributed by atoms with Gasteiger partial charge in [0.2, 0.25) is 0 Å². The summed E-state index contributed by atoms with van der Waals surface area (Å²) >= 11 is 2.93. The first-order valence-corrected chi connectivity index (χ1v) is 12.8. The number of aryl methyl sites for hydroxylation is 1. The molecule has 2 N–H and O–H groups in total. The lowest BCUT2D eigenvalue weighted by Crippen LogP contribution is -2.15. The number of anilines is 2. The van der Waals surface area contributed by atoms with Crippen molar-refractivity contribution in [2.75, 3.05) is 10.0 Å². The molecule has 0 saturated heterocycles. The fraction of sp³-hybridized carbons (Fsp3) is 0.0455. The summed E-state index contributed by atoms with van der Waals surface area (Å²) in [5.41, 5.74) is 2.07. The summed E-state index contributed by atoms with van der Waals surface area (Å²) in [6.45, 7) is 1.94. The Labute approximate surface area is 196 Å². The SMILES string of the molecule is Cc1nc2c(ccc3nc(NC(=O)c4cccc(NS(=O)(=O)c5ccc(F)cc5)c4)sc32)s1. The van der Waals surface area contributed by atoms with Crippen molar-refractivity contribution in [1.29, 1.82) is 0 Å². The van der Waals surface area contributed by atoms with Crippen molar-refractivity contribution in [3.05, 3.63) is 77.1 Å². The third-order valence-electron chi connectivity index (χ3n) is 4.74. The number of thiazole rings is 2. The van der Waals surface area contributed by atoms with Crippen LogP contribution in [0.1, 0.15) is 15.4 Å². The second-order valence-electron chi connectivity index (χ2n) is 7.11. The van der Waals surface area contributed by atoms with E-state index in [0.717, 1.165) is 37.6 Å². The molecule has 0 unspecified atom stereocenters. The number of sulfonamides is 1. The molecule has 0 saturated carbocycles. The summed E-state index contributed by atoms with van der Waals surface area (Å²) in [5, 5.41) is 4.15. The minimum Gasteiger partial charge on any atom is -0.298 e. The van der Waals surface area contributed by atoms with E-state index in [1.165, 1.54) is 35.6 Å². The van der Waals surface area contributed by atoms with Gasteiger partial charge < -0.3 is 0 Å². The van der Waals surface area contributed by atoms with E-state index in [2.05, 4.69) is 20.0 Å². The maximum atomic E-state index is 13.1. The van der Waals surface area contributed by atoms with Crippen LogP contribution in [0, 0.1) is 12.7 Å². The van der Waals surface area contributed by atoms with E-state index in [0.29, 0.717) is 5.13 Å². The maximum absolute atomic E-state index is 13.1. The van der Waals surface area contributed by atoms with Gasteiger partial charge >= 0.3 is 0 Å². The van der Waals surface area contributed by atoms with Gasteiger partial charge in [-0.2, -0.15) is 0 Å². The van der Waals surface area contributed by atoms with Crippen molar-refractivity contribution in [2.24, 2.45) is 0 Å². The number of nitrogens with zero attached hydrogens (tertiary/aromatic N) is 2. The average Bonchev–Trinajstić information content (AvgIpc) is 3.36. The molecule has 0 aliphatic heterocycles. The van der Waals surface area contributed by atoms with E-state index in [-0.39, 0.29) is 16.1 Å². The van der Waals surface area contributed by atoms with Crippen LogP contribution in [0.15, 0.2) is 65.6 Å². The van der Waals surface area contributed by atoms with Gasteiger partial charge in [0.05, 0.1) is 24.8 Å². The molecular formula is C22H15FN4O3S3.